The number of hydrogen-bond donors (Lipinski definition) is 0. The Kier molecular flexibility index (Phi) is 4.49. The quantitative estimate of drug-likeness (QED) is 0.841. The van der Waals surface area contributed by atoms with E-state index in [1.165, 1.54) is 12.1 Å². The van der Waals surface area contributed by atoms with E-state index in [1.807, 2.05) is 24.3 Å². The topological polar surface area (TPSA) is 30.9 Å². The predicted molar refractivity (Wildman–Crippen MR) is 92.8 cm³/mol. The molecule has 25 heavy (non-hydrogen) atoms. The highest BCUT2D eigenvalue weighted by Crippen LogP contribution is 2.40. The van der Waals surface area contributed by atoms with Crippen molar-refractivity contribution < 1.29 is 18.6 Å². The Morgan fingerprint density at radius 3 is 2.48 bits per heavy atom. The van der Waals surface area contributed by atoms with Crippen LogP contribution in [0.1, 0.15) is 30.0 Å². The van der Waals surface area contributed by atoms with Crippen molar-refractivity contribution in [1.82, 2.24) is 4.90 Å². The number of rotatable bonds is 4. The van der Waals surface area contributed by atoms with Gasteiger partial charge in [0.2, 0.25) is 0 Å². The molecule has 2 aromatic carbocycles. The van der Waals surface area contributed by atoms with Gasteiger partial charge in [0, 0.05) is 37.2 Å². The van der Waals surface area contributed by atoms with Crippen molar-refractivity contribution in [3.8, 4) is 17.2 Å². The highest BCUT2D eigenvalue weighted by Gasteiger charge is 2.30. The lowest BCUT2D eigenvalue weighted by molar-refractivity contribution is 0.0807. The zero-order chi connectivity index (χ0) is 17.2. The molecule has 0 N–H and O–H groups in total. The second kappa shape index (κ2) is 6.92. The minimum atomic E-state index is -0.195. The standard InChI is InChI=1S/C20H22FNO3/c1-23-18-12-20-19(24-9-2-10-25-20)11-15(18)13-22-8-7-17(22)14-3-5-16(21)6-4-14/h3-6,11-12,17H,2,7-10,13H2,1H3/t17-/m0/s1. The Morgan fingerprint density at radius 2 is 1.84 bits per heavy atom. The zero-order valence-corrected chi connectivity index (χ0v) is 14.3. The van der Waals surface area contributed by atoms with E-state index in [-0.39, 0.29) is 5.82 Å². The van der Waals surface area contributed by atoms with E-state index in [2.05, 4.69) is 4.90 Å². The first kappa shape index (κ1) is 16.2. The van der Waals surface area contributed by atoms with Crippen molar-refractivity contribution in [2.24, 2.45) is 0 Å². The summed E-state index contributed by atoms with van der Waals surface area (Å²) < 4.78 is 30.3. The molecule has 1 saturated heterocycles. The monoisotopic (exact) mass is 343 g/mol. The summed E-state index contributed by atoms with van der Waals surface area (Å²) in [6.07, 6.45) is 1.96. The molecule has 0 unspecified atom stereocenters. The number of likely N-dealkylation sites (tertiary alicyclic amines) is 1. The van der Waals surface area contributed by atoms with E-state index in [1.54, 1.807) is 7.11 Å². The van der Waals surface area contributed by atoms with E-state index < -0.39 is 0 Å². The Labute approximate surface area is 147 Å². The van der Waals surface area contributed by atoms with Crippen LogP contribution in [0.3, 0.4) is 0 Å². The van der Waals surface area contributed by atoms with Crippen LogP contribution in [0.25, 0.3) is 0 Å². The molecule has 0 saturated carbocycles. The maximum atomic E-state index is 13.2. The fourth-order valence-electron chi connectivity index (χ4n) is 3.46. The summed E-state index contributed by atoms with van der Waals surface area (Å²) in [6.45, 7) is 3.11. The summed E-state index contributed by atoms with van der Waals surface area (Å²) in [7, 11) is 1.68. The molecule has 4 rings (SSSR count). The summed E-state index contributed by atoms with van der Waals surface area (Å²) in [4.78, 5) is 2.37. The average Bonchev–Trinajstić information content (AvgIpc) is 2.84. The summed E-state index contributed by atoms with van der Waals surface area (Å²) in [5.41, 5.74) is 2.24. The molecular weight excluding hydrogens is 321 g/mol. The van der Waals surface area contributed by atoms with Gasteiger partial charge in [0.05, 0.1) is 20.3 Å². The van der Waals surface area contributed by atoms with Crippen LogP contribution in [0.5, 0.6) is 17.2 Å². The fourth-order valence-corrected chi connectivity index (χ4v) is 3.46. The average molecular weight is 343 g/mol. The zero-order valence-electron chi connectivity index (χ0n) is 14.3. The first-order chi connectivity index (χ1) is 12.2. The summed E-state index contributed by atoms with van der Waals surface area (Å²) in [5, 5.41) is 0. The molecule has 2 aromatic rings. The Morgan fingerprint density at radius 1 is 1.12 bits per heavy atom. The van der Waals surface area contributed by atoms with Gasteiger partial charge in [0.15, 0.2) is 11.5 Å². The SMILES string of the molecule is COc1cc2c(cc1CN1CC[C@H]1c1ccc(F)cc1)OCCCO2. The molecule has 0 amide bonds. The van der Waals surface area contributed by atoms with Crippen molar-refractivity contribution in [1.29, 1.82) is 0 Å². The van der Waals surface area contributed by atoms with Crippen LogP contribution >= 0.6 is 0 Å². The van der Waals surface area contributed by atoms with Gasteiger partial charge < -0.3 is 14.2 Å². The number of halogens is 1. The molecule has 0 aromatic heterocycles. The highest BCUT2D eigenvalue weighted by molar-refractivity contribution is 5.51. The molecule has 2 aliphatic rings. The molecule has 2 heterocycles. The van der Waals surface area contributed by atoms with Gasteiger partial charge in [-0.05, 0) is 30.2 Å². The van der Waals surface area contributed by atoms with Gasteiger partial charge in [-0.3, -0.25) is 4.90 Å². The Hall–Kier alpha value is -2.27. The van der Waals surface area contributed by atoms with Gasteiger partial charge in [0.1, 0.15) is 11.6 Å². The van der Waals surface area contributed by atoms with Crippen molar-refractivity contribution in [2.45, 2.75) is 25.4 Å². The second-order valence-electron chi connectivity index (χ2n) is 6.49. The number of hydrogen-bond acceptors (Lipinski definition) is 4. The molecule has 132 valence electrons. The van der Waals surface area contributed by atoms with Crippen LogP contribution in [0.15, 0.2) is 36.4 Å². The molecule has 0 bridgehead atoms. The third kappa shape index (κ3) is 3.29. The maximum absolute atomic E-state index is 13.2. The van der Waals surface area contributed by atoms with Crippen molar-refractivity contribution in [3.63, 3.8) is 0 Å². The summed E-state index contributed by atoms with van der Waals surface area (Å²) in [5.74, 6) is 2.15. The van der Waals surface area contributed by atoms with Crippen LogP contribution in [-0.4, -0.2) is 31.8 Å². The fraction of sp³-hybridized carbons (Fsp3) is 0.400. The molecule has 1 fully saturated rings. The largest absolute Gasteiger partial charge is 0.496 e. The first-order valence-corrected chi connectivity index (χ1v) is 8.70. The maximum Gasteiger partial charge on any atom is 0.164 e. The molecule has 4 nitrogen and oxygen atoms in total. The number of ether oxygens (including phenoxy) is 3. The second-order valence-corrected chi connectivity index (χ2v) is 6.49. The van der Waals surface area contributed by atoms with E-state index >= 15 is 0 Å². The molecule has 5 heteroatoms. The third-order valence-corrected chi connectivity index (χ3v) is 4.91. The minimum absolute atomic E-state index is 0.195. The number of fused-ring (bicyclic) bond motifs is 1. The van der Waals surface area contributed by atoms with E-state index in [0.29, 0.717) is 19.3 Å². The van der Waals surface area contributed by atoms with Gasteiger partial charge in [-0.25, -0.2) is 4.39 Å². The normalized spacial score (nSPS) is 19.8. The Balaban J connectivity index is 1.55. The molecular formula is C20H22FNO3. The van der Waals surface area contributed by atoms with Crippen molar-refractivity contribution in [2.75, 3.05) is 26.9 Å². The number of nitrogens with zero attached hydrogens (tertiary/aromatic N) is 1. The van der Waals surface area contributed by atoms with Crippen molar-refractivity contribution >= 4 is 0 Å². The number of benzene rings is 2. The lowest BCUT2D eigenvalue weighted by Gasteiger charge is -2.41. The smallest absolute Gasteiger partial charge is 0.164 e. The molecule has 2 aliphatic heterocycles. The minimum Gasteiger partial charge on any atom is -0.496 e. The van der Waals surface area contributed by atoms with Gasteiger partial charge in [0.25, 0.3) is 0 Å². The van der Waals surface area contributed by atoms with E-state index in [4.69, 9.17) is 14.2 Å². The van der Waals surface area contributed by atoms with Gasteiger partial charge >= 0.3 is 0 Å². The van der Waals surface area contributed by atoms with Gasteiger partial charge in [-0.1, -0.05) is 12.1 Å². The number of methoxy groups -OCH3 is 1. The van der Waals surface area contributed by atoms with E-state index in [9.17, 15) is 4.39 Å². The molecule has 0 radical (unpaired) electrons. The highest BCUT2D eigenvalue weighted by atomic mass is 19.1. The third-order valence-electron chi connectivity index (χ3n) is 4.91. The Bertz CT molecular complexity index is 747. The molecule has 0 aliphatic carbocycles. The summed E-state index contributed by atoms with van der Waals surface area (Å²) >= 11 is 0. The first-order valence-electron chi connectivity index (χ1n) is 8.70. The van der Waals surface area contributed by atoms with Crippen LogP contribution in [0, 0.1) is 5.82 Å². The summed E-state index contributed by atoms with van der Waals surface area (Å²) in [6, 6.07) is 11.1. The lowest BCUT2D eigenvalue weighted by atomic mass is 9.94. The van der Waals surface area contributed by atoms with Crippen LogP contribution < -0.4 is 14.2 Å². The van der Waals surface area contributed by atoms with Gasteiger partial charge in [-0.15, -0.1) is 0 Å². The van der Waals surface area contributed by atoms with Crippen LogP contribution in [0.4, 0.5) is 4.39 Å². The van der Waals surface area contributed by atoms with E-state index in [0.717, 1.165) is 54.3 Å². The molecule has 0 spiro atoms. The van der Waals surface area contributed by atoms with Crippen molar-refractivity contribution in [3.05, 3.63) is 53.3 Å². The predicted octanol–water partition coefficient (Wildman–Crippen LogP) is 3.94. The molecule has 1 atom stereocenters. The van der Waals surface area contributed by atoms with Crippen LogP contribution in [0.2, 0.25) is 0 Å². The lowest BCUT2D eigenvalue weighted by Crippen LogP contribution is -2.40. The van der Waals surface area contributed by atoms with Crippen LogP contribution in [-0.2, 0) is 6.54 Å². The van der Waals surface area contributed by atoms with Gasteiger partial charge in [-0.2, -0.15) is 0 Å².